The van der Waals surface area contributed by atoms with Crippen LogP contribution in [0.25, 0.3) is 16.6 Å². The summed E-state index contributed by atoms with van der Waals surface area (Å²) in [5.41, 5.74) is 3.74. The van der Waals surface area contributed by atoms with E-state index in [1.54, 1.807) is 42.6 Å². The van der Waals surface area contributed by atoms with Crippen molar-refractivity contribution in [3.63, 3.8) is 0 Å². The zero-order valence-electron chi connectivity index (χ0n) is 18.7. The normalized spacial score (nSPS) is 10.9. The number of para-hydroxylation sites is 1. The summed E-state index contributed by atoms with van der Waals surface area (Å²) in [6.45, 7) is 0. The predicted molar refractivity (Wildman–Crippen MR) is 137 cm³/mol. The fourth-order valence-corrected chi connectivity index (χ4v) is 4.12. The lowest BCUT2D eigenvalue weighted by Gasteiger charge is -2.19. The van der Waals surface area contributed by atoms with Crippen molar-refractivity contribution < 1.29 is 14.7 Å². The van der Waals surface area contributed by atoms with Gasteiger partial charge in [-0.3, -0.25) is 9.78 Å². The molecule has 0 saturated carbocycles. The van der Waals surface area contributed by atoms with E-state index in [1.807, 2.05) is 65.2 Å². The van der Waals surface area contributed by atoms with E-state index < -0.39 is 5.97 Å². The summed E-state index contributed by atoms with van der Waals surface area (Å²) in [7, 11) is 1.89. The summed E-state index contributed by atoms with van der Waals surface area (Å²) in [5, 5.41) is 11.3. The molecule has 1 N–H and O–H groups in total. The summed E-state index contributed by atoms with van der Waals surface area (Å²) < 4.78 is 1.87. The van der Waals surface area contributed by atoms with Crippen LogP contribution in [-0.2, 0) is 0 Å². The van der Waals surface area contributed by atoms with Crippen LogP contribution >= 0.6 is 11.6 Å². The van der Waals surface area contributed by atoms with Crippen LogP contribution in [0, 0.1) is 0 Å². The lowest BCUT2D eigenvalue weighted by Crippen LogP contribution is -2.11. The number of rotatable bonds is 6. The van der Waals surface area contributed by atoms with Crippen LogP contribution in [-0.4, -0.2) is 33.5 Å². The molecule has 2 heterocycles. The standard InChI is InChI=1S/C28H20ClN3O3/c1-31(22-8-6-21(29)7-9-22)23-10-11-25(30-17-23)27(33)19-14-20(28(34)35)16-24(15-19)32-13-12-18-4-2-3-5-26(18)32/h2-17H,1H3,(H,34,35). The Hall–Kier alpha value is -4.42. The number of ketones is 1. The van der Waals surface area contributed by atoms with Crippen LogP contribution in [0.3, 0.4) is 0 Å². The zero-order chi connectivity index (χ0) is 24.5. The number of carboxylic acids is 1. The first-order valence-electron chi connectivity index (χ1n) is 10.9. The molecule has 35 heavy (non-hydrogen) atoms. The number of pyridine rings is 1. The fourth-order valence-electron chi connectivity index (χ4n) is 3.99. The van der Waals surface area contributed by atoms with Crippen LogP contribution < -0.4 is 4.90 Å². The molecule has 0 aliphatic heterocycles. The topological polar surface area (TPSA) is 75.4 Å². The summed E-state index contributed by atoms with van der Waals surface area (Å²) in [4.78, 5) is 31.4. The molecule has 0 bridgehead atoms. The van der Waals surface area contributed by atoms with Gasteiger partial charge in [0.25, 0.3) is 0 Å². The molecule has 0 fully saturated rings. The van der Waals surface area contributed by atoms with E-state index in [0.29, 0.717) is 10.7 Å². The Labute approximate surface area is 206 Å². The van der Waals surface area contributed by atoms with E-state index in [9.17, 15) is 14.7 Å². The van der Waals surface area contributed by atoms with Crippen molar-refractivity contribution in [3.05, 3.63) is 119 Å². The minimum Gasteiger partial charge on any atom is -0.478 e. The molecule has 0 atom stereocenters. The molecule has 0 aliphatic rings. The quantitative estimate of drug-likeness (QED) is 0.285. The average Bonchev–Trinajstić information content (AvgIpc) is 3.32. The smallest absolute Gasteiger partial charge is 0.335 e. The minimum atomic E-state index is -1.11. The summed E-state index contributed by atoms with van der Waals surface area (Å²) in [5.74, 6) is -1.46. The molecule has 3 aromatic carbocycles. The molecular formula is C28H20ClN3O3. The summed E-state index contributed by atoms with van der Waals surface area (Å²) >= 11 is 5.97. The number of hydrogen-bond acceptors (Lipinski definition) is 4. The number of aromatic nitrogens is 2. The van der Waals surface area contributed by atoms with Gasteiger partial charge in [-0.15, -0.1) is 0 Å². The number of benzene rings is 3. The largest absolute Gasteiger partial charge is 0.478 e. The van der Waals surface area contributed by atoms with Crippen molar-refractivity contribution in [3.8, 4) is 5.69 Å². The Balaban J connectivity index is 1.49. The number of carboxylic acid groups (broad SMARTS) is 1. The number of fused-ring (bicyclic) bond motifs is 1. The molecule has 0 saturated heterocycles. The van der Waals surface area contributed by atoms with E-state index in [0.717, 1.165) is 22.3 Å². The maximum atomic E-state index is 13.3. The van der Waals surface area contributed by atoms with Gasteiger partial charge in [-0.2, -0.15) is 0 Å². The second-order valence-electron chi connectivity index (χ2n) is 8.08. The first kappa shape index (κ1) is 22.4. The van der Waals surface area contributed by atoms with E-state index in [-0.39, 0.29) is 22.6 Å². The molecular weight excluding hydrogens is 462 g/mol. The van der Waals surface area contributed by atoms with Crippen LogP contribution in [0.2, 0.25) is 5.02 Å². The number of carbonyl (C=O) groups is 2. The Morgan fingerprint density at radius 2 is 1.60 bits per heavy atom. The van der Waals surface area contributed by atoms with E-state index in [1.165, 1.54) is 6.07 Å². The lowest BCUT2D eigenvalue weighted by molar-refractivity contribution is 0.0697. The second-order valence-corrected chi connectivity index (χ2v) is 8.52. The van der Waals surface area contributed by atoms with E-state index >= 15 is 0 Å². The van der Waals surface area contributed by atoms with Crippen molar-refractivity contribution in [2.24, 2.45) is 0 Å². The first-order valence-corrected chi connectivity index (χ1v) is 11.2. The number of carbonyl (C=O) groups excluding carboxylic acids is 1. The van der Waals surface area contributed by atoms with Crippen molar-refractivity contribution in [1.29, 1.82) is 0 Å². The maximum Gasteiger partial charge on any atom is 0.335 e. The Morgan fingerprint density at radius 1 is 0.886 bits per heavy atom. The third-order valence-corrected chi connectivity index (χ3v) is 6.14. The number of halogens is 1. The number of anilines is 2. The van der Waals surface area contributed by atoms with Gasteiger partial charge in [0.05, 0.1) is 23.0 Å². The molecule has 2 aromatic heterocycles. The zero-order valence-corrected chi connectivity index (χ0v) is 19.5. The molecule has 6 nitrogen and oxygen atoms in total. The molecule has 5 rings (SSSR count). The van der Waals surface area contributed by atoms with Gasteiger partial charge in [0.1, 0.15) is 5.69 Å². The van der Waals surface area contributed by atoms with Gasteiger partial charge in [0, 0.05) is 35.2 Å². The Morgan fingerprint density at radius 3 is 2.31 bits per heavy atom. The van der Waals surface area contributed by atoms with E-state index in [4.69, 9.17) is 11.6 Å². The van der Waals surface area contributed by atoms with Gasteiger partial charge < -0.3 is 14.6 Å². The molecule has 0 unspecified atom stereocenters. The second kappa shape index (κ2) is 9.08. The number of aromatic carboxylic acids is 1. The average molecular weight is 482 g/mol. The van der Waals surface area contributed by atoms with Crippen LogP contribution in [0.5, 0.6) is 0 Å². The SMILES string of the molecule is CN(c1ccc(Cl)cc1)c1ccc(C(=O)c2cc(C(=O)O)cc(-n3ccc4ccccc43)c2)nc1. The summed E-state index contributed by atoms with van der Waals surface area (Å²) in [6, 6.07) is 25.2. The highest BCUT2D eigenvalue weighted by molar-refractivity contribution is 6.30. The Kier molecular flexibility index (Phi) is 5.81. The molecule has 0 spiro atoms. The molecule has 7 heteroatoms. The van der Waals surface area contributed by atoms with Crippen LogP contribution in [0.15, 0.2) is 97.3 Å². The Bertz CT molecular complexity index is 1560. The van der Waals surface area contributed by atoms with Gasteiger partial charge in [-0.25, -0.2) is 4.79 Å². The van der Waals surface area contributed by atoms with Gasteiger partial charge in [0.15, 0.2) is 0 Å². The molecule has 5 aromatic rings. The van der Waals surface area contributed by atoms with Crippen molar-refractivity contribution in [2.45, 2.75) is 0 Å². The van der Waals surface area contributed by atoms with Crippen molar-refractivity contribution >= 4 is 45.6 Å². The predicted octanol–water partition coefficient (Wildman–Crippen LogP) is 6.38. The highest BCUT2D eigenvalue weighted by Gasteiger charge is 2.17. The number of hydrogen-bond donors (Lipinski definition) is 1. The molecule has 0 radical (unpaired) electrons. The monoisotopic (exact) mass is 481 g/mol. The molecule has 172 valence electrons. The minimum absolute atomic E-state index is 0.0303. The third-order valence-electron chi connectivity index (χ3n) is 5.89. The maximum absolute atomic E-state index is 13.3. The van der Waals surface area contributed by atoms with Crippen LogP contribution in [0.1, 0.15) is 26.4 Å². The fraction of sp³-hybridized carbons (Fsp3) is 0.0357. The highest BCUT2D eigenvalue weighted by Crippen LogP contribution is 2.26. The van der Waals surface area contributed by atoms with Gasteiger partial charge in [-0.1, -0.05) is 29.8 Å². The van der Waals surface area contributed by atoms with Gasteiger partial charge >= 0.3 is 5.97 Å². The van der Waals surface area contributed by atoms with Crippen LogP contribution in [0.4, 0.5) is 11.4 Å². The highest BCUT2D eigenvalue weighted by atomic mass is 35.5. The number of nitrogens with zero attached hydrogens (tertiary/aromatic N) is 3. The van der Waals surface area contributed by atoms with Gasteiger partial charge in [-0.05, 0) is 72.1 Å². The molecule has 0 aliphatic carbocycles. The van der Waals surface area contributed by atoms with E-state index in [2.05, 4.69) is 4.98 Å². The van der Waals surface area contributed by atoms with Crippen molar-refractivity contribution in [1.82, 2.24) is 9.55 Å². The first-order chi connectivity index (χ1) is 16.9. The third kappa shape index (κ3) is 4.39. The lowest BCUT2D eigenvalue weighted by atomic mass is 10.0. The molecule has 0 amide bonds. The summed E-state index contributed by atoms with van der Waals surface area (Å²) in [6.07, 6.45) is 3.47. The van der Waals surface area contributed by atoms with Gasteiger partial charge in [0.2, 0.25) is 5.78 Å². The van der Waals surface area contributed by atoms with Crippen molar-refractivity contribution in [2.75, 3.05) is 11.9 Å².